The molecule has 1 unspecified atom stereocenters. The average Bonchev–Trinajstić information content (AvgIpc) is 2.46. The molecular formula is C16H26N2O3. The summed E-state index contributed by atoms with van der Waals surface area (Å²) in [4.78, 5) is 11.9. The predicted octanol–water partition coefficient (Wildman–Crippen LogP) is 2.04. The Labute approximate surface area is 126 Å². The van der Waals surface area contributed by atoms with Gasteiger partial charge in [0.15, 0.2) is 0 Å². The molecule has 0 aliphatic heterocycles. The van der Waals surface area contributed by atoms with E-state index in [9.17, 15) is 4.79 Å². The second kappa shape index (κ2) is 9.37. The number of aliphatic hydroxyl groups excluding tert-OH is 1. The normalized spacial score (nSPS) is 12.2. The number of carbonyl (C=O) groups is 1. The number of hydrogen-bond acceptors (Lipinski definition) is 3. The molecule has 1 rings (SSSR count). The molecule has 1 aromatic carbocycles. The van der Waals surface area contributed by atoms with Crippen molar-refractivity contribution in [3.8, 4) is 0 Å². The Bertz CT molecular complexity index is 418. The lowest BCUT2D eigenvalue weighted by Gasteiger charge is -2.21. The summed E-state index contributed by atoms with van der Waals surface area (Å²) in [7, 11) is 1.66. The highest BCUT2D eigenvalue weighted by atomic mass is 16.5. The second-order valence-electron chi connectivity index (χ2n) is 5.44. The standard InChI is InChI=1S/C16H26N2O3/c1-12(2)15(8-9-19)18-16(20)17-10-13-4-6-14(7-5-13)11-21-3/h4-7,12,15,19H,8-11H2,1-3H3,(H2,17,18,20). The van der Waals surface area contributed by atoms with E-state index in [1.54, 1.807) is 7.11 Å². The van der Waals surface area contributed by atoms with Gasteiger partial charge in [-0.3, -0.25) is 0 Å². The highest BCUT2D eigenvalue weighted by Gasteiger charge is 2.15. The molecule has 0 radical (unpaired) electrons. The minimum Gasteiger partial charge on any atom is -0.396 e. The number of amides is 2. The van der Waals surface area contributed by atoms with Crippen molar-refractivity contribution in [2.75, 3.05) is 13.7 Å². The number of nitrogens with one attached hydrogen (secondary N) is 2. The first kappa shape index (κ1) is 17.5. The van der Waals surface area contributed by atoms with Crippen LogP contribution in [0.3, 0.4) is 0 Å². The Morgan fingerprint density at radius 2 is 1.86 bits per heavy atom. The zero-order valence-corrected chi connectivity index (χ0v) is 13.1. The van der Waals surface area contributed by atoms with Crippen LogP contribution in [-0.4, -0.2) is 30.9 Å². The van der Waals surface area contributed by atoms with Gasteiger partial charge in [-0.25, -0.2) is 4.79 Å². The Balaban J connectivity index is 2.41. The van der Waals surface area contributed by atoms with Crippen LogP contribution < -0.4 is 10.6 Å². The zero-order valence-electron chi connectivity index (χ0n) is 13.1. The first-order valence-corrected chi connectivity index (χ1v) is 7.28. The van der Waals surface area contributed by atoms with Gasteiger partial charge in [0, 0.05) is 26.3 Å². The third kappa shape index (κ3) is 6.60. The highest BCUT2D eigenvalue weighted by molar-refractivity contribution is 5.74. The molecule has 0 saturated carbocycles. The van der Waals surface area contributed by atoms with Gasteiger partial charge >= 0.3 is 6.03 Å². The molecule has 21 heavy (non-hydrogen) atoms. The summed E-state index contributed by atoms with van der Waals surface area (Å²) >= 11 is 0. The van der Waals surface area contributed by atoms with Gasteiger partial charge in [-0.2, -0.15) is 0 Å². The smallest absolute Gasteiger partial charge is 0.315 e. The predicted molar refractivity (Wildman–Crippen MR) is 82.9 cm³/mol. The molecule has 1 atom stereocenters. The van der Waals surface area contributed by atoms with Gasteiger partial charge in [0.1, 0.15) is 0 Å². The van der Waals surface area contributed by atoms with Crippen LogP contribution in [0.2, 0.25) is 0 Å². The van der Waals surface area contributed by atoms with Crippen LogP contribution >= 0.6 is 0 Å². The molecule has 2 amide bonds. The zero-order chi connectivity index (χ0) is 15.7. The summed E-state index contributed by atoms with van der Waals surface area (Å²) in [6, 6.07) is 7.70. The molecule has 5 heteroatoms. The van der Waals surface area contributed by atoms with Gasteiger partial charge in [0.05, 0.1) is 6.61 Å². The summed E-state index contributed by atoms with van der Waals surface area (Å²) in [6.07, 6.45) is 0.566. The molecule has 0 aromatic heterocycles. The Hall–Kier alpha value is -1.59. The lowest BCUT2D eigenvalue weighted by molar-refractivity contribution is 0.185. The molecule has 0 aliphatic rings. The van der Waals surface area contributed by atoms with Crippen LogP contribution in [0.5, 0.6) is 0 Å². The van der Waals surface area contributed by atoms with Crippen molar-refractivity contribution in [2.24, 2.45) is 5.92 Å². The van der Waals surface area contributed by atoms with E-state index in [1.807, 2.05) is 38.1 Å². The van der Waals surface area contributed by atoms with Crippen molar-refractivity contribution in [1.29, 1.82) is 0 Å². The monoisotopic (exact) mass is 294 g/mol. The number of rotatable bonds is 8. The van der Waals surface area contributed by atoms with E-state index < -0.39 is 0 Å². The lowest BCUT2D eigenvalue weighted by Crippen LogP contribution is -2.44. The number of ether oxygens (including phenoxy) is 1. The molecule has 0 aliphatic carbocycles. The average molecular weight is 294 g/mol. The molecule has 0 spiro atoms. The van der Waals surface area contributed by atoms with E-state index in [0.717, 1.165) is 11.1 Å². The number of carbonyl (C=O) groups excluding carboxylic acids is 1. The summed E-state index contributed by atoms with van der Waals surface area (Å²) in [5.74, 6) is 0.288. The summed E-state index contributed by atoms with van der Waals surface area (Å²) < 4.78 is 5.05. The SMILES string of the molecule is COCc1ccc(CNC(=O)NC(CCO)C(C)C)cc1. The molecule has 118 valence electrons. The highest BCUT2D eigenvalue weighted by Crippen LogP contribution is 2.07. The first-order chi connectivity index (χ1) is 10.1. The minimum absolute atomic E-state index is 0.0147. The first-order valence-electron chi connectivity index (χ1n) is 7.28. The van der Waals surface area contributed by atoms with Gasteiger partial charge in [0.2, 0.25) is 0 Å². The largest absolute Gasteiger partial charge is 0.396 e. The maximum atomic E-state index is 11.9. The third-order valence-corrected chi connectivity index (χ3v) is 3.35. The number of aliphatic hydroxyl groups is 1. The summed E-state index contributed by atoms with van der Waals surface area (Å²) in [5, 5.41) is 14.7. The fraction of sp³-hybridized carbons (Fsp3) is 0.562. The van der Waals surface area contributed by atoms with Crippen LogP contribution in [0.4, 0.5) is 4.79 Å². The van der Waals surface area contributed by atoms with Crippen LogP contribution in [0.15, 0.2) is 24.3 Å². The van der Waals surface area contributed by atoms with E-state index >= 15 is 0 Å². The Morgan fingerprint density at radius 1 is 1.24 bits per heavy atom. The second-order valence-corrected chi connectivity index (χ2v) is 5.44. The Morgan fingerprint density at radius 3 is 2.38 bits per heavy atom. The molecule has 0 heterocycles. The van der Waals surface area contributed by atoms with Crippen LogP contribution in [0.1, 0.15) is 31.4 Å². The van der Waals surface area contributed by atoms with Gasteiger partial charge in [-0.15, -0.1) is 0 Å². The Kier molecular flexibility index (Phi) is 7.79. The van der Waals surface area contributed by atoms with E-state index in [-0.39, 0.29) is 24.6 Å². The van der Waals surface area contributed by atoms with E-state index in [2.05, 4.69) is 10.6 Å². The van der Waals surface area contributed by atoms with Gasteiger partial charge in [-0.1, -0.05) is 38.1 Å². The van der Waals surface area contributed by atoms with E-state index in [1.165, 1.54) is 0 Å². The maximum Gasteiger partial charge on any atom is 0.315 e. The number of urea groups is 1. The summed E-state index contributed by atoms with van der Waals surface area (Å²) in [6.45, 7) is 5.18. The van der Waals surface area contributed by atoms with Crippen molar-refractivity contribution in [3.05, 3.63) is 35.4 Å². The fourth-order valence-corrected chi connectivity index (χ4v) is 2.03. The van der Waals surface area contributed by atoms with Gasteiger partial charge in [-0.05, 0) is 23.5 Å². The molecule has 0 bridgehead atoms. The van der Waals surface area contributed by atoms with Crippen molar-refractivity contribution < 1.29 is 14.6 Å². The lowest BCUT2D eigenvalue weighted by atomic mass is 10.0. The van der Waals surface area contributed by atoms with Gasteiger partial charge in [0.25, 0.3) is 0 Å². The van der Waals surface area contributed by atoms with Crippen LogP contribution in [-0.2, 0) is 17.9 Å². The van der Waals surface area contributed by atoms with Crippen molar-refractivity contribution in [2.45, 2.75) is 39.5 Å². The molecule has 0 fully saturated rings. The minimum atomic E-state index is -0.205. The molecule has 3 N–H and O–H groups in total. The van der Waals surface area contributed by atoms with Gasteiger partial charge < -0.3 is 20.5 Å². The topological polar surface area (TPSA) is 70.6 Å². The fourth-order valence-electron chi connectivity index (χ4n) is 2.03. The summed E-state index contributed by atoms with van der Waals surface area (Å²) in [5.41, 5.74) is 2.14. The number of hydrogen-bond donors (Lipinski definition) is 3. The van der Waals surface area contributed by atoms with E-state index in [4.69, 9.17) is 9.84 Å². The van der Waals surface area contributed by atoms with Crippen molar-refractivity contribution in [3.63, 3.8) is 0 Å². The van der Waals surface area contributed by atoms with Crippen LogP contribution in [0, 0.1) is 5.92 Å². The molecular weight excluding hydrogens is 268 g/mol. The third-order valence-electron chi connectivity index (χ3n) is 3.35. The quantitative estimate of drug-likeness (QED) is 0.687. The van der Waals surface area contributed by atoms with Crippen molar-refractivity contribution in [1.82, 2.24) is 10.6 Å². The number of benzene rings is 1. The molecule has 5 nitrogen and oxygen atoms in total. The van der Waals surface area contributed by atoms with Crippen LogP contribution in [0.25, 0.3) is 0 Å². The number of methoxy groups -OCH3 is 1. The maximum absolute atomic E-state index is 11.9. The van der Waals surface area contributed by atoms with E-state index in [0.29, 0.717) is 19.6 Å². The molecule has 1 aromatic rings. The molecule has 0 saturated heterocycles. The van der Waals surface area contributed by atoms with Crippen molar-refractivity contribution >= 4 is 6.03 Å².